The highest BCUT2D eigenvalue weighted by Crippen LogP contribution is 2.01. The summed E-state index contributed by atoms with van der Waals surface area (Å²) in [4.78, 5) is 22.0. The van der Waals surface area contributed by atoms with Crippen LogP contribution in [0.3, 0.4) is 0 Å². The normalized spacial score (nSPS) is 14.2. The van der Waals surface area contributed by atoms with Crippen LogP contribution in [-0.2, 0) is 14.3 Å². The van der Waals surface area contributed by atoms with Crippen molar-refractivity contribution in [2.24, 2.45) is 5.92 Å². The standard InChI is InChI=1S/C10H20N2O4/c1-7(10(14)15)8(2)12-9(13)6-11-4-5-16-3/h7-8,11H,4-6H2,1-3H3,(H,12,13)(H,14,15). The lowest BCUT2D eigenvalue weighted by Gasteiger charge is -2.17. The number of carbonyl (C=O) groups excluding carboxylic acids is 1. The maximum Gasteiger partial charge on any atom is 0.308 e. The second-order valence-corrected chi connectivity index (χ2v) is 3.65. The van der Waals surface area contributed by atoms with Crippen molar-refractivity contribution in [1.82, 2.24) is 10.6 Å². The van der Waals surface area contributed by atoms with Gasteiger partial charge in [0, 0.05) is 19.7 Å². The molecule has 6 nitrogen and oxygen atoms in total. The van der Waals surface area contributed by atoms with Crippen molar-refractivity contribution < 1.29 is 19.4 Å². The Balaban J connectivity index is 3.74. The third-order valence-corrected chi connectivity index (χ3v) is 2.30. The number of amides is 1. The zero-order valence-corrected chi connectivity index (χ0v) is 9.95. The summed E-state index contributed by atoms with van der Waals surface area (Å²) in [6.07, 6.45) is 0. The van der Waals surface area contributed by atoms with Crippen molar-refractivity contribution >= 4 is 11.9 Å². The molecule has 0 heterocycles. The fourth-order valence-electron chi connectivity index (χ4n) is 1.02. The van der Waals surface area contributed by atoms with Crippen LogP contribution < -0.4 is 10.6 Å². The molecule has 0 aromatic heterocycles. The Labute approximate surface area is 95.4 Å². The maximum absolute atomic E-state index is 11.3. The Kier molecular flexibility index (Phi) is 7.49. The van der Waals surface area contributed by atoms with E-state index in [9.17, 15) is 9.59 Å². The molecule has 16 heavy (non-hydrogen) atoms. The predicted molar refractivity (Wildman–Crippen MR) is 59.2 cm³/mol. The number of carboxylic acids is 1. The van der Waals surface area contributed by atoms with Crippen molar-refractivity contribution in [1.29, 1.82) is 0 Å². The number of aliphatic carboxylic acids is 1. The van der Waals surface area contributed by atoms with Crippen LogP contribution in [0.15, 0.2) is 0 Å². The Bertz CT molecular complexity index is 233. The molecule has 0 aliphatic carbocycles. The van der Waals surface area contributed by atoms with Crippen molar-refractivity contribution in [2.45, 2.75) is 19.9 Å². The molecule has 0 saturated heterocycles. The molecule has 94 valence electrons. The van der Waals surface area contributed by atoms with E-state index in [4.69, 9.17) is 9.84 Å². The number of ether oxygens (including phenoxy) is 1. The molecule has 2 unspecified atom stereocenters. The smallest absolute Gasteiger partial charge is 0.308 e. The number of nitrogens with one attached hydrogen (secondary N) is 2. The van der Waals surface area contributed by atoms with Gasteiger partial charge in [0.05, 0.1) is 19.1 Å². The summed E-state index contributed by atoms with van der Waals surface area (Å²) < 4.78 is 4.80. The second kappa shape index (κ2) is 8.06. The van der Waals surface area contributed by atoms with Gasteiger partial charge in [0.15, 0.2) is 0 Å². The fourth-order valence-corrected chi connectivity index (χ4v) is 1.02. The van der Waals surface area contributed by atoms with E-state index in [1.54, 1.807) is 21.0 Å². The number of rotatable bonds is 8. The summed E-state index contributed by atoms with van der Waals surface area (Å²) >= 11 is 0. The minimum atomic E-state index is -0.917. The summed E-state index contributed by atoms with van der Waals surface area (Å²) in [7, 11) is 1.58. The van der Waals surface area contributed by atoms with Crippen LogP contribution in [0.5, 0.6) is 0 Å². The van der Waals surface area contributed by atoms with Gasteiger partial charge in [-0.15, -0.1) is 0 Å². The van der Waals surface area contributed by atoms with E-state index in [2.05, 4.69) is 10.6 Å². The molecule has 6 heteroatoms. The highest BCUT2D eigenvalue weighted by Gasteiger charge is 2.20. The highest BCUT2D eigenvalue weighted by atomic mass is 16.5. The first kappa shape index (κ1) is 14.9. The molecule has 0 aromatic rings. The first-order valence-electron chi connectivity index (χ1n) is 5.20. The molecule has 0 aliphatic rings. The van der Waals surface area contributed by atoms with Gasteiger partial charge in [0.2, 0.25) is 5.91 Å². The lowest BCUT2D eigenvalue weighted by Crippen LogP contribution is -2.44. The Morgan fingerprint density at radius 1 is 1.38 bits per heavy atom. The second-order valence-electron chi connectivity index (χ2n) is 3.65. The van der Waals surface area contributed by atoms with E-state index in [-0.39, 0.29) is 18.5 Å². The lowest BCUT2D eigenvalue weighted by molar-refractivity contribution is -0.142. The topological polar surface area (TPSA) is 87.7 Å². The first-order valence-corrected chi connectivity index (χ1v) is 5.20. The van der Waals surface area contributed by atoms with E-state index in [1.165, 1.54) is 0 Å². The number of carbonyl (C=O) groups is 2. The van der Waals surface area contributed by atoms with E-state index in [1.807, 2.05) is 0 Å². The molecule has 3 N–H and O–H groups in total. The molecule has 2 atom stereocenters. The largest absolute Gasteiger partial charge is 0.481 e. The fraction of sp³-hybridized carbons (Fsp3) is 0.800. The molecule has 0 fully saturated rings. The quantitative estimate of drug-likeness (QED) is 0.489. The molecule has 0 aliphatic heterocycles. The molecular weight excluding hydrogens is 212 g/mol. The molecule has 0 rings (SSSR count). The number of carboxylic acid groups (broad SMARTS) is 1. The average Bonchev–Trinajstić information content (AvgIpc) is 2.23. The van der Waals surface area contributed by atoms with Crippen molar-refractivity contribution in [3.05, 3.63) is 0 Å². The molecule has 0 aromatic carbocycles. The van der Waals surface area contributed by atoms with E-state index >= 15 is 0 Å². The maximum atomic E-state index is 11.3. The highest BCUT2D eigenvalue weighted by molar-refractivity contribution is 5.79. The molecular formula is C10H20N2O4. The lowest BCUT2D eigenvalue weighted by atomic mass is 10.0. The predicted octanol–water partition coefficient (Wildman–Crippen LogP) is -0.552. The van der Waals surface area contributed by atoms with Crippen molar-refractivity contribution in [3.8, 4) is 0 Å². The third kappa shape index (κ3) is 6.36. The summed E-state index contributed by atoms with van der Waals surface area (Å²) in [5, 5.41) is 14.2. The summed E-state index contributed by atoms with van der Waals surface area (Å²) in [5.41, 5.74) is 0. The Morgan fingerprint density at radius 2 is 2.00 bits per heavy atom. The van der Waals surface area contributed by atoms with E-state index in [0.29, 0.717) is 13.2 Å². The number of methoxy groups -OCH3 is 1. The van der Waals surface area contributed by atoms with Gasteiger partial charge in [0.1, 0.15) is 0 Å². The van der Waals surface area contributed by atoms with Crippen LogP contribution in [0.1, 0.15) is 13.8 Å². The Morgan fingerprint density at radius 3 is 2.50 bits per heavy atom. The minimum absolute atomic E-state index is 0.167. The summed E-state index contributed by atoms with van der Waals surface area (Å²) in [5.74, 6) is -1.72. The first-order chi connectivity index (χ1) is 7.49. The monoisotopic (exact) mass is 232 g/mol. The summed E-state index contributed by atoms with van der Waals surface area (Å²) in [6, 6.07) is -0.380. The van der Waals surface area contributed by atoms with Crippen LogP contribution in [0, 0.1) is 5.92 Å². The molecule has 1 amide bonds. The average molecular weight is 232 g/mol. The molecule has 0 bridgehead atoms. The van der Waals surface area contributed by atoms with Gasteiger partial charge < -0.3 is 20.5 Å². The zero-order chi connectivity index (χ0) is 12.6. The number of hydrogen-bond acceptors (Lipinski definition) is 4. The van der Waals surface area contributed by atoms with Gasteiger partial charge in [-0.1, -0.05) is 0 Å². The Hall–Kier alpha value is -1.14. The van der Waals surface area contributed by atoms with Crippen LogP contribution in [0.25, 0.3) is 0 Å². The van der Waals surface area contributed by atoms with E-state index in [0.717, 1.165) is 0 Å². The van der Waals surface area contributed by atoms with Gasteiger partial charge in [-0.05, 0) is 13.8 Å². The van der Waals surface area contributed by atoms with Gasteiger partial charge in [0.25, 0.3) is 0 Å². The molecule has 0 saturated carbocycles. The van der Waals surface area contributed by atoms with Gasteiger partial charge >= 0.3 is 5.97 Å². The molecule has 0 spiro atoms. The van der Waals surface area contributed by atoms with Gasteiger partial charge in [-0.3, -0.25) is 9.59 Å². The van der Waals surface area contributed by atoms with Crippen LogP contribution >= 0.6 is 0 Å². The van der Waals surface area contributed by atoms with Gasteiger partial charge in [-0.25, -0.2) is 0 Å². The van der Waals surface area contributed by atoms with Crippen molar-refractivity contribution in [3.63, 3.8) is 0 Å². The van der Waals surface area contributed by atoms with Crippen LogP contribution in [0.2, 0.25) is 0 Å². The van der Waals surface area contributed by atoms with Crippen molar-refractivity contribution in [2.75, 3.05) is 26.8 Å². The third-order valence-electron chi connectivity index (χ3n) is 2.30. The summed E-state index contributed by atoms with van der Waals surface area (Å²) in [6.45, 7) is 4.53. The number of hydrogen-bond donors (Lipinski definition) is 3. The molecule has 0 radical (unpaired) electrons. The van der Waals surface area contributed by atoms with Crippen LogP contribution in [-0.4, -0.2) is 49.8 Å². The zero-order valence-electron chi connectivity index (χ0n) is 9.95. The van der Waals surface area contributed by atoms with Crippen LogP contribution in [0.4, 0.5) is 0 Å². The van der Waals surface area contributed by atoms with Gasteiger partial charge in [-0.2, -0.15) is 0 Å². The minimum Gasteiger partial charge on any atom is -0.481 e. The van der Waals surface area contributed by atoms with E-state index < -0.39 is 11.9 Å². The SMILES string of the molecule is COCCNCC(=O)NC(C)C(C)C(=O)O.